The Labute approximate surface area is 123 Å². The van der Waals surface area contributed by atoms with Gasteiger partial charge >= 0.3 is 16.2 Å². The molecule has 0 radical (unpaired) electrons. The zero-order chi connectivity index (χ0) is 15.6. The average molecular weight is 321 g/mol. The molecule has 120 valence electrons. The number of halogens is 1. The number of amides is 1. The summed E-state index contributed by atoms with van der Waals surface area (Å²) in [7, 11) is -4.82. The highest BCUT2D eigenvalue weighted by Gasteiger charge is 2.43. The van der Waals surface area contributed by atoms with Crippen LogP contribution in [0.2, 0.25) is 0 Å². The Morgan fingerprint density at radius 1 is 1.33 bits per heavy atom. The molecule has 0 aromatic carbocycles. The van der Waals surface area contributed by atoms with E-state index in [1.165, 1.54) is 0 Å². The Hall–Kier alpha value is -1.18. The number of likely N-dealkylation sites (tertiary alicyclic amines) is 1. The summed E-state index contributed by atoms with van der Waals surface area (Å²) in [6.45, 7) is -0.360. The van der Waals surface area contributed by atoms with Crippen LogP contribution < -0.4 is 0 Å². The first-order chi connectivity index (χ1) is 9.79. The highest BCUT2D eigenvalue weighted by Crippen LogP contribution is 2.31. The van der Waals surface area contributed by atoms with Crippen molar-refractivity contribution in [1.82, 2.24) is 4.90 Å². The van der Waals surface area contributed by atoms with E-state index in [1.54, 1.807) is 0 Å². The largest absolute Gasteiger partial charge is 0.480 e. The van der Waals surface area contributed by atoms with E-state index in [4.69, 9.17) is 0 Å². The Balaban J connectivity index is 2.07. The fourth-order valence-corrected chi connectivity index (χ4v) is 3.97. The van der Waals surface area contributed by atoms with Gasteiger partial charge in [0.2, 0.25) is 5.91 Å². The molecule has 0 aromatic rings. The molecule has 1 N–H and O–H groups in total. The number of aliphatic carboxylic acids is 1. The first kappa shape index (κ1) is 16.2. The molecular weight excluding hydrogens is 301 g/mol. The molecule has 0 aromatic heterocycles. The van der Waals surface area contributed by atoms with Crippen LogP contribution in [0, 0.1) is 5.92 Å². The second kappa shape index (κ2) is 6.29. The van der Waals surface area contributed by atoms with E-state index in [9.17, 15) is 27.0 Å². The van der Waals surface area contributed by atoms with E-state index in [1.807, 2.05) is 0 Å². The van der Waals surface area contributed by atoms with Gasteiger partial charge in [0.15, 0.2) is 0 Å². The van der Waals surface area contributed by atoms with E-state index in [0.717, 1.165) is 37.0 Å². The molecule has 1 unspecified atom stereocenters. The summed E-state index contributed by atoms with van der Waals surface area (Å²) in [5, 5.41) is 7.90. The number of rotatable bonds is 5. The van der Waals surface area contributed by atoms with Gasteiger partial charge in [-0.3, -0.25) is 4.79 Å². The zero-order valence-corrected chi connectivity index (χ0v) is 12.5. The van der Waals surface area contributed by atoms with Crippen molar-refractivity contribution < 1.29 is 27.0 Å². The fourth-order valence-electron chi connectivity index (χ4n) is 3.29. The van der Waals surface area contributed by atoms with Crippen molar-refractivity contribution in [2.75, 3.05) is 6.54 Å². The normalized spacial score (nSPS) is 26.0. The molecule has 2 atom stereocenters. The molecule has 2 fully saturated rings. The summed E-state index contributed by atoms with van der Waals surface area (Å²) >= 11 is 0. The molecule has 0 spiro atoms. The topological polar surface area (TPSA) is 91.8 Å². The Kier molecular flexibility index (Phi) is 4.85. The highest BCUT2D eigenvalue weighted by atomic mass is 32.3. The predicted octanol–water partition coefficient (Wildman–Crippen LogP) is 1.31. The van der Waals surface area contributed by atoms with Gasteiger partial charge in [-0.25, -0.2) is 4.79 Å². The Morgan fingerprint density at radius 2 is 1.95 bits per heavy atom. The van der Waals surface area contributed by atoms with Crippen LogP contribution in [0.15, 0.2) is 0 Å². The molecule has 8 heteroatoms. The lowest BCUT2D eigenvalue weighted by Gasteiger charge is -2.30. The van der Waals surface area contributed by atoms with Crippen LogP contribution in [0.25, 0.3) is 0 Å². The quantitative estimate of drug-likeness (QED) is 0.771. The van der Waals surface area contributed by atoms with Gasteiger partial charge in [-0.15, -0.1) is 3.89 Å². The van der Waals surface area contributed by atoms with Gasteiger partial charge in [0.1, 0.15) is 11.3 Å². The van der Waals surface area contributed by atoms with E-state index in [-0.39, 0.29) is 12.5 Å². The van der Waals surface area contributed by atoms with Gasteiger partial charge in [0, 0.05) is 13.0 Å². The third-order valence-corrected chi connectivity index (χ3v) is 5.58. The Morgan fingerprint density at radius 3 is 2.43 bits per heavy atom. The van der Waals surface area contributed by atoms with Gasteiger partial charge in [0.25, 0.3) is 0 Å². The molecule has 2 aliphatic rings. The molecule has 1 saturated carbocycles. The first-order valence-corrected chi connectivity index (χ1v) is 8.69. The summed E-state index contributed by atoms with van der Waals surface area (Å²) < 4.78 is 34.8. The van der Waals surface area contributed by atoms with Crippen molar-refractivity contribution in [2.45, 2.75) is 56.2 Å². The number of carbonyl (C=O) groups is 2. The second-order valence-electron chi connectivity index (χ2n) is 5.94. The first-order valence-electron chi connectivity index (χ1n) is 7.24. The second-order valence-corrected chi connectivity index (χ2v) is 7.56. The summed E-state index contributed by atoms with van der Waals surface area (Å²) in [4.78, 5) is 24.3. The SMILES string of the molecule is O=C(O)[C@H](CC1CCCCC1)N1CC(S(=O)(=O)F)CC1=O. The molecular formula is C13H20FNO5S. The summed E-state index contributed by atoms with van der Waals surface area (Å²) in [5.41, 5.74) is 0. The number of carboxylic acid groups (broad SMARTS) is 1. The lowest BCUT2D eigenvalue weighted by molar-refractivity contribution is -0.149. The molecule has 0 bridgehead atoms. The van der Waals surface area contributed by atoms with Crippen molar-refractivity contribution in [3.05, 3.63) is 0 Å². The van der Waals surface area contributed by atoms with E-state index in [0.29, 0.717) is 6.42 Å². The summed E-state index contributed by atoms with van der Waals surface area (Å²) in [6, 6.07) is -1.05. The smallest absolute Gasteiger partial charge is 0.326 e. The van der Waals surface area contributed by atoms with Crippen molar-refractivity contribution >= 4 is 22.1 Å². The molecule has 21 heavy (non-hydrogen) atoms. The lowest BCUT2D eigenvalue weighted by atomic mass is 9.84. The Bertz CT molecular complexity index is 515. The van der Waals surface area contributed by atoms with Gasteiger partial charge in [-0.2, -0.15) is 8.42 Å². The minimum absolute atomic E-state index is 0.230. The standard InChI is InChI=1S/C13H20FNO5S/c14-21(19,20)10-7-12(16)15(8-10)11(13(17)18)6-9-4-2-1-3-5-9/h9-11H,1-8H2,(H,17,18)/t10?,11-/m0/s1. The molecule has 6 nitrogen and oxygen atoms in total. The molecule has 1 amide bonds. The highest BCUT2D eigenvalue weighted by molar-refractivity contribution is 7.87. The van der Waals surface area contributed by atoms with Gasteiger partial charge in [0.05, 0.1) is 0 Å². The maximum atomic E-state index is 13.0. The summed E-state index contributed by atoms with van der Waals surface area (Å²) in [6.07, 6.45) is 4.94. The van der Waals surface area contributed by atoms with Crippen LogP contribution in [0.3, 0.4) is 0 Å². The van der Waals surface area contributed by atoms with Crippen LogP contribution in [0.4, 0.5) is 3.89 Å². The zero-order valence-electron chi connectivity index (χ0n) is 11.7. The van der Waals surface area contributed by atoms with Crippen molar-refractivity contribution in [3.8, 4) is 0 Å². The van der Waals surface area contributed by atoms with Crippen LogP contribution in [-0.4, -0.2) is 48.1 Å². The van der Waals surface area contributed by atoms with Crippen LogP contribution in [0.5, 0.6) is 0 Å². The number of nitrogens with zero attached hydrogens (tertiary/aromatic N) is 1. The number of carbonyl (C=O) groups excluding carboxylic acids is 1. The van der Waals surface area contributed by atoms with E-state index in [2.05, 4.69) is 0 Å². The number of hydrogen-bond acceptors (Lipinski definition) is 4. The number of carboxylic acids is 1. The molecule has 2 rings (SSSR count). The van der Waals surface area contributed by atoms with E-state index < -0.39 is 39.8 Å². The molecule has 1 saturated heterocycles. The monoisotopic (exact) mass is 321 g/mol. The third-order valence-electron chi connectivity index (χ3n) is 4.46. The number of hydrogen-bond donors (Lipinski definition) is 1. The lowest BCUT2D eigenvalue weighted by Crippen LogP contribution is -2.44. The average Bonchev–Trinajstić information content (AvgIpc) is 2.79. The van der Waals surface area contributed by atoms with Crippen molar-refractivity contribution in [1.29, 1.82) is 0 Å². The van der Waals surface area contributed by atoms with Crippen LogP contribution >= 0.6 is 0 Å². The molecule has 1 aliphatic carbocycles. The van der Waals surface area contributed by atoms with Gasteiger partial charge in [-0.05, 0) is 12.3 Å². The minimum Gasteiger partial charge on any atom is -0.480 e. The molecule has 1 heterocycles. The predicted molar refractivity (Wildman–Crippen MR) is 72.8 cm³/mol. The van der Waals surface area contributed by atoms with Crippen LogP contribution in [-0.2, 0) is 19.8 Å². The third kappa shape index (κ3) is 3.93. The summed E-state index contributed by atoms with van der Waals surface area (Å²) in [5.74, 6) is -1.51. The van der Waals surface area contributed by atoms with Gasteiger partial charge < -0.3 is 10.0 Å². The maximum absolute atomic E-state index is 13.0. The van der Waals surface area contributed by atoms with E-state index >= 15 is 0 Å². The van der Waals surface area contributed by atoms with Crippen LogP contribution in [0.1, 0.15) is 44.9 Å². The van der Waals surface area contributed by atoms with Crippen molar-refractivity contribution in [3.63, 3.8) is 0 Å². The van der Waals surface area contributed by atoms with Gasteiger partial charge in [-0.1, -0.05) is 32.1 Å². The fraction of sp³-hybridized carbons (Fsp3) is 0.846. The maximum Gasteiger partial charge on any atom is 0.326 e. The molecule has 1 aliphatic heterocycles. The van der Waals surface area contributed by atoms with Crippen molar-refractivity contribution in [2.24, 2.45) is 5.92 Å². The minimum atomic E-state index is -4.82.